The van der Waals surface area contributed by atoms with Gasteiger partial charge in [0.1, 0.15) is 12.0 Å². The highest BCUT2D eigenvalue weighted by Crippen LogP contribution is 2.25. The van der Waals surface area contributed by atoms with Crippen molar-refractivity contribution < 1.29 is 4.79 Å². The molecule has 0 bridgehead atoms. The van der Waals surface area contributed by atoms with Crippen LogP contribution in [0.1, 0.15) is 10.5 Å². The monoisotopic (exact) mass is 363 g/mol. The van der Waals surface area contributed by atoms with Crippen LogP contribution in [0, 0.1) is 0 Å². The first-order valence-electron chi connectivity index (χ1n) is 5.99. The van der Waals surface area contributed by atoms with Gasteiger partial charge in [0, 0.05) is 21.3 Å². The van der Waals surface area contributed by atoms with Crippen molar-refractivity contribution in [2.45, 2.75) is 10.1 Å². The number of H-pyrrole nitrogens is 2. The van der Waals surface area contributed by atoms with E-state index in [-0.39, 0.29) is 5.91 Å². The van der Waals surface area contributed by atoms with Crippen molar-refractivity contribution in [3.05, 3.63) is 53.0 Å². The molecule has 3 aromatic rings. The van der Waals surface area contributed by atoms with Crippen LogP contribution in [0.25, 0.3) is 0 Å². The maximum atomic E-state index is 12.0. The molecule has 0 radical (unpaired) electrons. The van der Waals surface area contributed by atoms with Crippen molar-refractivity contribution in [1.82, 2.24) is 20.2 Å². The average Bonchev–Trinajstić information content (AvgIpc) is 3.12. The van der Waals surface area contributed by atoms with Crippen LogP contribution in [0.3, 0.4) is 0 Å². The van der Waals surface area contributed by atoms with Crippen LogP contribution < -0.4 is 5.32 Å². The Balaban J connectivity index is 1.65. The van der Waals surface area contributed by atoms with E-state index in [0.717, 1.165) is 20.2 Å². The van der Waals surface area contributed by atoms with E-state index in [1.807, 2.05) is 24.3 Å². The molecule has 0 unspecified atom stereocenters. The first kappa shape index (κ1) is 13.9. The molecule has 2 aromatic heterocycles. The van der Waals surface area contributed by atoms with Crippen molar-refractivity contribution in [2.24, 2.45) is 0 Å². The maximum absolute atomic E-state index is 12.0. The van der Waals surface area contributed by atoms with Crippen molar-refractivity contribution in [3.63, 3.8) is 0 Å². The molecule has 6 nitrogen and oxygen atoms in total. The third-order valence-electron chi connectivity index (χ3n) is 2.61. The lowest BCUT2D eigenvalue weighted by Gasteiger charge is -2.04. The summed E-state index contributed by atoms with van der Waals surface area (Å²) in [5.74, 6) is -0.184. The summed E-state index contributed by atoms with van der Waals surface area (Å²) >= 11 is 4.76. The summed E-state index contributed by atoms with van der Waals surface area (Å²) in [6, 6.07) is 9.23. The van der Waals surface area contributed by atoms with Gasteiger partial charge in [0.2, 0.25) is 0 Å². The Hall–Kier alpha value is -2.06. The SMILES string of the molecule is O=C(Nc1ccc(Sc2ncn[nH]2)cc1)c1cc(Br)c[nH]1. The lowest BCUT2D eigenvalue weighted by Crippen LogP contribution is -2.11. The standard InChI is InChI=1S/C13H10BrN5OS/c14-8-5-11(15-6-8)12(20)18-9-1-3-10(4-2-9)21-13-16-7-17-19-13/h1-7,15H,(H,18,20)(H,16,17,19). The first-order valence-corrected chi connectivity index (χ1v) is 7.60. The van der Waals surface area contributed by atoms with Crippen molar-refractivity contribution in [2.75, 3.05) is 5.32 Å². The predicted molar refractivity (Wildman–Crippen MR) is 83.4 cm³/mol. The number of halogens is 1. The Kier molecular flexibility index (Phi) is 4.07. The highest BCUT2D eigenvalue weighted by molar-refractivity contribution is 9.10. The number of anilines is 1. The fourth-order valence-corrected chi connectivity index (χ4v) is 2.70. The van der Waals surface area contributed by atoms with Crippen LogP contribution in [0.4, 0.5) is 5.69 Å². The van der Waals surface area contributed by atoms with Crippen LogP contribution in [-0.2, 0) is 0 Å². The van der Waals surface area contributed by atoms with Gasteiger partial charge in [0.25, 0.3) is 5.91 Å². The van der Waals surface area contributed by atoms with Gasteiger partial charge in [-0.25, -0.2) is 4.98 Å². The molecule has 0 fully saturated rings. The fourth-order valence-electron chi connectivity index (χ4n) is 1.66. The maximum Gasteiger partial charge on any atom is 0.272 e. The van der Waals surface area contributed by atoms with Crippen molar-refractivity contribution in [1.29, 1.82) is 0 Å². The van der Waals surface area contributed by atoms with E-state index in [1.54, 1.807) is 12.3 Å². The van der Waals surface area contributed by atoms with Crippen LogP contribution in [-0.4, -0.2) is 26.1 Å². The van der Waals surface area contributed by atoms with E-state index in [9.17, 15) is 4.79 Å². The normalized spacial score (nSPS) is 10.5. The zero-order chi connectivity index (χ0) is 14.7. The van der Waals surface area contributed by atoms with Gasteiger partial charge in [-0.2, -0.15) is 5.10 Å². The average molecular weight is 364 g/mol. The zero-order valence-electron chi connectivity index (χ0n) is 10.6. The van der Waals surface area contributed by atoms with Crippen molar-refractivity contribution >= 4 is 39.3 Å². The van der Waals surface area contributed by atoms with Crippen LogP contribution in [0.5, 0.6) is 0 Å². The van der Waals surface area contributed by atoms with E-state index >= 15 is 0 Å². The fraction of sp³-hybridized carbons (Fsp3) is 0. The van der Waals surface area contributed by atoms with E-state index in [1.165, 1.54) is 18.1 Å². The second kappa shape index (κ2) is 6.15. The molecule has 3 rings (SSSR count). The lowest BCUT2D eigenvalue weighted by atomic mass is 10.3. The predicted octanol–water partition coefficient (Wildman–Crippen LogP) is 3.30. The molecule has 1 amide bonds. The molecule has 3 N–H and O–H groups in total. The minimum absolute atomic E-state index is 0.184. The number of carbonyl (C=O) groups excluding carboxylic acids is 1. The summed E-state index contributed by atoms with van der Waals surface area (Å²) in [6.45, 7) is 0. The summed E-state index contributed by atoms with van der Waals surface area (Å²) in [5, 5.41) is 10.1. The summed E-state index contributed by atoms with van der Waals surface area (Å²) in [4.78, 5) is 19.9. The number of carbonyl (C=O) groups is 1. The third-order valence-corrected chi connectivity index (χ3v) is 3.97. The zero-order valence-corrected chi connectivity index (χ0v) is 13.0. The molecule has 1 aromatic carbocycles. The number of amides is 1. The number of nitrogens with zero attached hydrogens (tertiary/aromatic N) is 2. The van der Waals surface area contributed by atoms with Gasteiger partial charge >= 0.3 is 0 Å². The first-order chi connectivity index (χ1) is 10.2. The number of rotatable bonds is 4. The Morgan fingerprint density at radius 3 is 2.71 bits per heavy atom. The van der Waals surface area contributed by atoms with Gasteiger partial charge in [-0.3, -0.25) is 9.89 Å². The quantitative estimate of drug-likeness (QED) is 0.663. The van der Waals surface area contributed by atoms with Crippen molar-refractivity contribution in [3.8, 4) is 0 Å². The molecule has 0 saturated carbocycles. The molecular formula is C13H10BrN5OS. The number of aromatic nitrogens is 4. The second-order valence-corrected chi connectivity index (χ2v) is 6.08. The van der Waals surface area contributed by atoms with E-state index < -0.39 is 0 Å². The van der Waals surface area contributed by atoms with Gasteiger partial charge in [-0.1, -0.05) is 11.8 Å². The van der Waals surface area contributed by atoms with Gasteiger partial charge in [-0.05, 0) is 46.3 Å². The van der Waals surface area contributed by atoms with Gasteiger partial charge in [-0.15, -0.1) is 0 Å². The number of aromatic amines is 2. The second-order valence-electron chi connectivity index (χ2n) is 4.10. The minimum atomic E-state index is -0.184. The Morgan fingerprint density at radius 1 is 1.29 bits per heavy atom. The molecule has 0 saturated heterocycles. The number of benzene rings is 1. The molecule has 0 aliphatic carbocycles. The molecule has 0 spiro atoms. The van der Waals surface area contributed by atoms with E-state index in [0.29, 0.717) is 5.69 Å². The number of hydrogen-bond acceptors (Lipinski definition) is 4. The van der Waals surface area contributed by atoms with E-state index in [2.05, 4.69) is 41.4 Å². The topological polar surface area (TPSA) is 86.5 Å². The molecule has 2 heterocycles. The van der Waals surface area contributed by atoms with Gasteiger partial charge < -0.3 is 10.3 Å². The molecule has 8 heteroatoms. The summed E-state index contributed by atoms with van der Waals surface area (Å²) in [6.07, 6.45) is 3.18. The van der Waals surface area contributed by atoms with Crippen LogP contribution in [0.2, 0.25) is 0 Å². The molecule has 0 aliphatic heterocycles. The molecule has 21 heavy (non-hydrogen) atoms. The highest BCUT2D eigenvalue weighted by Gasteiger charge is 2.08. The largest absolute Gasteiger partial charge is 0.356 e. The summed E-state index contributed by atoms with van der Waals surface area (Å²) in [7, 11) is 0. The third kappa shape index (κ3) is 3.53. The van der Waals surface area contributed by atoms with Crippen LogP contribution >= 0.6 is 27.7 Å². The Bertz CT molecular complexity index is 738. The Labute approximate surface area is 132 Å². The van der Waals surface area contributed by atoms with Gasteiger partial charge in [0.15, 0.2) is 5.16 Å². The number of nitrogens with one attached hydrogen (secondary N) is 3. The highest BCUT2D eigenvalue weighted by atomic mass is 79.9. The molecule has 106 valence electrons. The molecule has 0 atom stereocenters. The summed E-state index contributed by atoms with van der Waals surface area (Å²) < 4.78 is 0.839. The summed E-state index contributed by atoms with van der Waals surface area (Å²) in [5.41, 5.74) is 1.23. The lowest BCUT2D eigenvalue weighted by molar-refractivity contribution is 0.102. The van der Waals surface area contributed by atoms with E-state index in [4.69, 9.17) is 0 Å². The molecular weight excluding hydrogens is 354 g/mol. The van der Waals surface area contributed by atoms with Crippen LogP contribution in [0.15, 0.2) is 57.4 Å². The number of hydrogen-bond donors (Lipinski definition) is 3. The Morgan fingerprint density at radius 2 is 2.10 bits per heavy atom. The molecule has 0 aliphatic rings. The smallest absolute Gasteiger partial charge is 0.272 e. The van der Waals surface area contributed by atoms with Gasteiger partial charge in [0.05, 0.1) is 0 Å². The minimum Gasteiger partial charge on any atom is -0.356 e.